The fourth-order valence-electron chi connectivity index (χ4n) is 12.7. The van der Waals surface area contributed by atoms with Crippen molar-refractivity contribution in [1.82, 2.24) is 0 Å². The van der Waals surface area contributed by atoms with Crippen LogP contribution in [0.3, 0.4) is 0 Å². The van der Waals surface area contributed by atoms with Crippen LogP contribution in [0.1, 0.15) is 47.2 Å². The third-order valence-electron chi connectivity index (χ3n) is 15.9. The third-order valence-corrected chi connectivity index (χ3v) is 17.1. The molecule has 2 heterocycles. The molecule has 0 radical (unpaired) electrons. The Morgan fingerprint density at radius 3 is 1.57 bits per heavy atom. The number of hydrogen-bond donors (Lipinski definition) is 0. The van der Waals surface area contributed by atoms with E-state index in [4.69, 9.17) is 4.42 Å². The largest absolute Gasteiger partial charge is 0.456 e. The molecule has 0 fully saturated rings. The first-order valence-corrected chi connectivity index (χ1v) is 25.7. The molecule has 0 unspecified atom stereocenters. The topological polar surface area (TPSA) is 19.6 Å². The summed E-state index contributed by atoms with van der Waals surface area (Å²) >= 11 is 1.88. The van der Waals surface area contributed by atoms with E-state index in [0.29, 0.717) is 0 Å². The van der Waals surface area contributed by atoms with Crippen molar-refractivity contribution in [2.45, 2.75) is 34.5 Å². The molecule has 15 rings (SSSR count). The van der Waals surface area contributed by atoms with Crippen molar-refractivity contribution < 1.29 is 4.42 Å². The summed E-state index contributed by atoms with van der Waals surface area (Å²) < 4.78 is 7.05. The van der Waals surface area contributed by atoms with Gasteiger partial charge in [0.25, 0.3) is 0 Å². The van der Waals surface area contributed by atoms with E-state index in [9.17, 15) is 0 Å². The summed E-state index contributed by atoms with van der Waals surface area (Å²) in [5.74, 6) is 0. The van der Waals surface area contributed by atoms with E-state index in [1.807, 2.05) is 11.8 Å². The fourth-order valence-corrected chi connectivity index (χ4v) is 14.0. The molecule has 72 heavy (non-hydrogen) atoms. The normalized spacial score (nSPS) is 14.1. The first-order valence-electron chi connectivity index (χ1n) is 24.9. The van der Waals surface area contributed by atoms with Crippen LogP contribution in [0, 0.1) is 0 Å². The van der Waals surface area contributed by atoms with Crippen LogP contribution in [0.5, 0.6) is 0 Å². The molecule has 0 atom stereocenters. The Morgan fingerprint density at radius 2 is 0.889 bits per heavy atom. The first-order chi connectivity index (χ1) is 35.5. The van der Waals surface area contributed by atoms with Crippen molar-refractivity contribution in [3.05, 3.63) is 276 Å². The van der Waals surface area contributed by atoms with Crippen LogP contribution in [0.15, 0.2) is 257 Å². The number of rotatable bonds is 6. The molecule has 11 aromatic carbocycles. The van der Waals surface area contributed by atoms with E-state index in [2.05, 4.69) is 266 Å². The van der Waals surface area contributed by atoms with Gasteiger partial charge in [0.05, 0.1) is 16.5 Å². The molecule has 1 aromatic heterocycles. The summed E-state index contributed by atoms with van der Waals surface area (Å²) in [5.41, 5.74) is 20.5. The van der Waals surface area contributed by atoms with Gasteiger partial charge in [0.2, 0.25) is 0 Å². The Kier molecular flexibility index (Phi) is 8.86. The molecule has 0 amide bonds. The van der Waals surface area contributed by atoms with Crippen LogP contribution in [0.25, 0.3) is 55.0 Å². The highest BCUT2D eigenvalue weighted by Gasteiger charge is 2.51. The minimum Gasteiger partial charge on any atom is -0.456 e. The van der Waals surface area contributed by atoms with Crippen molar-refractivity contribution in [1.29, 1.82) is 0 Å². The van der Waals surface area contributed by atoms with Gasteiger partial charge in [0.1, 0.15) is 11.2 Å². The maximum atomic E-state index is 7.05. The maximum absolute atomic E-state index is 7.05. The third kappa shape index (κ3) is 5.76. The summed E-state index contributed by atoms with van der Waals surface area (Å²) in [7, 11) is 0. The lowest BCUT2D eigenvalue weighted by Gasteiger charge is -2.40. The quantitative estimate of drug-likeness (QED) is 0.165. The van der Waals surface area contributed by atoms with Crippen LogP contribution in [0.2, 0.25) is 0 Å². The summed E-state index contributed by atoms with van der Waals surface area (Å²) in [6.07, 6.45) is 0. The molecular weight excluding hydrogens is 893 g/mol. The number of para-hydroxylation sites is 3. The van der Waals surface area contributed by atoms with Gasteiger partial charge in [-0.2, -0.15) is 0 Å². The van der Waals surface area contributed by atoms with Gasteiger partial charge in [-0.15, -0.1) is 0 Å². The molecule has 1 spiro atoms. The molecule has 4 heteroatoms. The Bertz CT molecular complexity index is 4090. The van der Waals surface area contributed by atoms with E-state index in [1.54, 1.807) is 0 Å². The van der Waals surface area contributed by atoms with E-state index in [1.165, 1.54) is 76.2 Å². The monoisotopic (exact) mass is 938 g/mol. The lowest BCUT2D eigenvalue weighted by Crippen LogP contribution is -2.32. The minimum atomic E-state index is -0.631. The molecular formula is C68H46N2OS. The Morgan fingerprint density at radius 1 is 0.347 bits per heavy atom. The smallest absolute Gasteiger partial charge is 0.137 e. The summed E-state index contributed by atoms with van der Waals surface area (Å²) in [6.45, 7) is 4.74. The highest BCUT2D eigenvalue weighted by molar-refractivity contribution is 7.99. The molecule has 340 valence electrons. The number of nitrogens with zero attached hydrogens (tertiary/aromatic N) is 2. The van der Waals surface area contributed by atoms with Gasteiger partial charge in [-0.3, -0.25) is 0 Å². The van der Waals surface area contributed by atoms with Gasteiger partial charge < -0.3 is 14.2 Å². The minimum absolute atomic E-state index is 0.145. The standard InChI is InChI=1S/C68H46N2OS/c1-67(2)54-35-33-48(41-53(54)52-39-43-19-12-13-20-44(43)40-58(52)67)70(47-25-10-5-11-26-47)60-31-18-32-61-64(60)65-62(71-61)37-36-57-66(65)72-63-38-34-49(69(45-21-6-3-7-22-45)46-23-8-4-9-24-46)42-59(63)68(57)55-29-16-14-27-50(55)51-28-15-17-30-56(51)68/h3-42H,1-2H3. The summed E-state index contributed by atoms with van der Waals surface area (Å²) in [4.78, 5) is 7.29. The molecule has 12 aromatic rings. The van der Waals surface area contributed by atoms with E-state index >= 15 is 0 Å². The molecule has 0 N–H and O–H groups in total. The molecule has 0 bridgehead atoms. The highest BCUT2D eigenvalue weighted by atomic mass is 32.2. The Labute approximate surface area is 423 Å². The average molecular weight is 939 g/mol. The van der Waals surface area contributed by atoms with Crippen molar-refractivity contribution in [3.63, 3.8) is 0 Å². The van der Waals surface area contributed by atoms with E-state index in [0.717, 1.165) is 56.1 Å². The molecule has 0 saturated carbocycles. The van der Waals surface area contributed by atoms with Crippen molar-refractivity contribution in [2.24, 2.45) is 0 Å². The summed E-state index contributed by atoms with van der Waals surface area (Å²) in [5, 5.41) is 4.77. The molecule has 1 aliphatic heterocycles. The van der Waals surface area contributed by atoms with Crippen molar-refractivity contribution in [3.8, 4) is 22.3 Å². The van der Waals surface area contributed by atoms with Gasteiger partial charge in [0, 0.05) is 49.0 Å². The molecule has 3 nitrogen and oxygen atoms in total. The van der Waals surface area contributed by atoms with Crippen LogP contribution >= 0.6 is 11.8 Å². The predicted octanol–water partition coefficient (Wildman–Crippen LogP) is 18.8. The van der Waals surface area contributed by atoms with Crippen LogP contribution in [-0.2, 0) is 10.8 Å². The zero-order chi connectivity index (χ0) is 47.7. The summed E-state index contributed by atoms with van der Waals surface area (Å²) in [6, 6.07) is 89.6. The SMILES string of the molecule is CC1(C)c2ccc(N(c3ccccc3)c3cccc4oc5ccc6c(c5c34)Sc3ccc(N(c4ccccc4)c4ccccc4)cc3C63c4ccccc4-c4ccccc43)cc2-c2cc3ccccc3cc21. The molecule has 0 saturated heterocycles. The second kappa shape index (κ2) is 15.5. The van der Waals surface area contributed by atoms with Gasteiger partial charge in [-0.1, -0.05) is 171 Å². The number of benzene rings is 11. The lowest BCUT2D eigenvalue weighted by atomic mass is 9.67. The number of anilines is 6. The van der Waals surface area contributed by atoms with Gasteiger partial charge >= 0.3 is 0 Å². The van der Waals surface area contributed by atoms with Crippen LogP contribution in [0.4, 0.5) is 34.1 Å². The number of hydrogen-bond acceptors (Lipinski definition) is 4. The Hall–Kier alpha value is -8.57. The first kappa shape index (κ1) is 41.2. The van der Waals surface area contributed by atoms with Crippen LogP contribution < -0.4 is 9.80 Å². The van der Waals surface area contributed by atoms with E-state index in [-0.39, 0.29) is 5.41 Å². The average Bonchev–Trinajstić information content (AvgIpc) is 4.04. The second-order valence-electron chi connectivity index (χ2n) is 20.0. The number of furan rings is 1. The Balaban J connectivity index is 0.991. The van der Waals surface area contributed by atoms with E-state index < -0.39 is 5.41 Å². The van der Waals surface area contributed by atoms with Gasteiger partial charge in [-0.05, 0) is 163 Å². The van der Waals surface area contributed by atoms with Crippen molar-refractivity contribution >= 4 is 78.6 Å². The lowest BCUT2D eigenvalue weighted by molar-refractivity contribution is 0.661. The molecule has 2 aliphatic carbocycles. The number of fused-ring (bicyclic) bond motifs is 17. The maximum Gasteiger partial charge on any atom is 0.137 e. The van der Waals surface area contributed by atoms with Crippen LogP contribution in [-0.4, -0.2) is 0 Å². The zero-order valence-corrected chi connectivity index (χ0v) is 40.6. The van der Waals surface area contributed by atoms with Gasteiger partial charge in [0.15, 0.2) is 0 Å². The zero-order valence-electron chi connectivity index (χ0n) is 39.8. The fraction of sp³-hybridized carbons (Fsp3) is 0.0588. The van der Waals surface area contributed by atoms with Gasteiger partial charge in [-0.25, -0.2) is 0 Å². The predicted molar refractivity (Wildman–Crippen MR) is 300 cm³/mol. The van der Waals surface area contributed by atoms with Crippen molar-refractivity contribution in [2.75, 3.05) is 9.80 Å². The highest BCUT2D eigenvalue weighted by Crippen LogP contribution is 2.65. The molecule has 3 aliphatic rings. The second-order valence-corrected chi connectivity index (χ2v) is 21.0.